The smallest absolute Gasteiger partial charge is 0.276 e. The van der Waals surface area contributed by atoms with Gasteiger partial charge in [0.1, 0.15) is 17.2 Å². The van der Waals surface area contributed by atoms with Gasteiger partial charge in [0.05, 0.1) is 6.61 Å². The van der Waals surface area contributed by atoms with Crippen LogP contribution in [0, 0.1) is 5.41 Å². The summed E-state index contributed by atoms with van der Waals surface area (Å²) in [5, 5.41) is 13.7. The van der Waals surface area contributed by atoms with E-state index in [1.807, 2.05) is 6.07 Å². The molecule has 0 bridgehead atoms. The summed E-state index contributed by atoms with van der Waals surface area (Å²) in [5.41, 5.74) is 12.7. The van der Waals surface area contributed by atoms with Gasteiger partial charge < -0.3 is 25.3 Å². The van der Waals surface area contributed by atoms with Crippen molar-refractivity contribution in [3.8, 4) is 11.1 Å². The standard InChI is InChI=1S/C30H32N6O3/c1-30(2)14-18-13-25-29(39)36(11-10-35(25)26(18)15-30)27-23(17-37)22(8-9-32-27)19-12-24(28(38)34(3)16-19)33-21-6-4-20(31)5-7-21/h4-9,12-13,16,33,37H,10-11,14-15,17,31H2,1-3H3. The minimum Gasteiger partial charge on any atom is -0.399 e. The van der Waals surface area contributed by atoms with Gasteiger partial charge in [0, 0.05) is 60.7 Å². The first-order valence-electron chi connectivity index (χ1n) is 13.1. The molecule has 0 saturated carbocycles. The number of carbonyl (C=O) groups excluding carboxylic acids is 1. The molecule has 0 radical (unpaired) electrons. The van der Waals surface area contributed by atoms with Gasteiger partial charge in [-0.25, -0.2) is 4.98 Å². The summed E-state index contributed by atoms with van der Waals surface area (Å²) in [5.74, 6) is 0.328. The van der Waals surface area contributed by atoms with Gasteiger partial charge in [-0.1, -0.05) is 13.8 Å². The van der Waals surface area contributed by atoms with Crippen LogP contribution in [0.3, 0.4) is 0 Å². The summed E-state index contributed by atoms with van der Waals surface area (Å²) in [6, 6.07) is 12.7. The Morgan fingerprint density at radius 1 is 1.08 bits per heavy atom. The molecular weight excluding hydrogens is 492 g/mol. The molecule has 1 aliphatic heterocycles. The molecule has 0 unspecified atom stereocenters. The number of nitrogens with one attached hydrogen (secondary N) is 1. The number of nitrogens with zero attached hydrogens (tertiary/aromatic N) is 4. The molecule has 9 heteroatoms. The number of benzene rings is 1. The molecule has 9 nitrogen and oxygen atoms in total. The van der Waals surface area contributed by atoms with Crippen LogP contribution in [-0.4, -0.2) is 31.7 Å². The van der Waals surface area contributed by atoms with Crippen LogP contribution >= 0.6 is 0 Å². The molecule has 39 heavy (non-hydrogen) atoms. The molecule has 0 atom stereocenters. The summed E-state index contributed by atoms with van der Waals surface area (Å²) in [7, 11) is 1.68. The molecule has 1 amide bonds. The normalized spacial score (nSPS) is 15.8. The zero-order valence-electron chi connectivity index (χ0n) is 22.4. The second-order valence-electron chi connectivity index (χ2n) is 11.3. The van der Waals surface area contributed by atoms with E-state index in [-0.39, 0.29) is 23.5 Å². The van der Waals surface area contributed by atoms with Gasteiger partial charge >= 0.3 is 0 Å². The van der Waals surface area contributed by atoms with Gasteiger partial charge in [0.15, 0.2) is 0 Å². The van der Waals surface area contributed by atoms with E-state index in [0.717, 1.165) is 24.1 Å². The zero-order chi connectivity index (χ0) is 27.5. The van der Waals surface area contributed by atoms with Crippen molar-refractivity contribution in [2.24, 2.45) is 12.5 Å². The molecule has 4 heterocycles. The summed E-state index contributed by atoms with van der Waals surface area (Å²) >= 11 is 0. The van der Waals surface area contributed by atoms with Gasteiger partial charge in [-0.05, 0) is 71.8 Å². The van der Waals surface area contributed by atoms with E-state index >= 15 is 0 Å². The number of aliphatic hydroxyl groups excluding tert-OH is 1. The van der Waals surface area contributed by atoms with E-state index in [0.29, 0.717) is 47.1 Å². The minimum absolute atomic E-state index is 0.112. The van der Waals surface area contributed by atoms with Crippen LogP contribution in [0.4, 0.5) is 22.9 Å². The van der Waals surface area contributed by atoms with Crippen molar-refractivity contribution < 1.29 is 9.90 Å². The predicted molar refractivity (Wildman–Crippen MR) is 152 cm³/mol. The molecule has 4 aromatic rings. The average Bonchev–Trinajstić information content (AvgIpc) is 3.40. The highest BCUT2D eigenvalue weighted by Crippen LogP contribution is 2.40. The molecule has 1 aromatic carbocycles. The summed E-state index contributed by atoms with van der Waals surface area (Å²) < 4.78 is 3.66. The number of fused-ring (bicyclic) bond motifs is 3. The predicted octanol–water partition coefficient (Wildman–Crippen LogP) is 3.85. The number of carbonyl (C=O) groups is 1. The monoisotopic (exact) mass is 524 g/mol. The van der Waals surface area contributed by atoms with Crippen LogP contribution in [0.1, 0.15) is 41.2 Å². The molecule has 2 aliphatic rings. The molecule has 0 spiro atoms. The van der Waals surface area contributed by atoms with Gasteiger partial charge in [-0.15, -0.1) is 0 Å². The van der Waals surface area contributed by atoms with Crippen molar-refractivity contribution >= 4 is 28.8 Å². The first kappa shape index (κ1) is 24.9. The van der Waals surface area contributed by atoms with Crippen molar-refractivity contribution in [1.29, 1.82) is 0 Å². The Bertz CT molecular complexity index is 1670. The molecule has 0 saturated heterocycles. The van der Waals surface area contributed by atoms with Crippen LogP contribution in [-0.2, 0) is 33.0 Å². The second-order valence-corrected chi connectivity index (χ2v) is 11.3. The van der Waals surface area contributed by atoms with E-state index in [9.17, 15) is 14.7 Å². The minimum atomic E-state index is -0.308. The van der Waals surface area contributed by atoms with Crippen LogP contribution in [0.2, 0.25) is 0 Å². The maximum atomic E-state index is 13.7. The first-order valence-corrected chi connectivity index (χ1v) is 13.1. The zero-order valence-corrected chi connectivity index (χ0v) is 22.4. The van der Waals surface area contributed by atoms with Crippen molar-refractivity contribution in [1.82, 2.24) is 14.1 Å². The first-order chi connectivity index (χ1) is 18.6. The van der Waals surface area contributed by atoms with E-state index in [1.54, 1.807) is 60.7 Å². The number of rotatable bonds is 5. The third-order valence-corrected chi connectivity index (χ3v) is 7.76. The van der Waals surface area contributed by atoms with Crippen LogP contribution in [0.25, 0.3) is 11.1 Å². The number of aromatic nitrogens is 3. The van der Waals surface area contributed by atoms with Crippen LogP contribution in [0.5, 0.6) is 0 Å². The van der Waals surface area contributed by atoms with Gasteiger partial charge in [0.2, 0.25) is 0 Å². The quantitative estimate of drug-likeness (QED) is 0.341. The Kier molecular flexibility index (Phi) is 5.84. The van der Waals surface area contributed by atoms with E-state index in [2.05, 4.69) is 28.7 Å². The summed E-state index contributed by atoms with van der Waals surface area (Å²) in [4.78, 5) is 32.8. The Morgan fingerprint density at radius 2 is 1.85 bits per heavy atom. The highest BCUT2D eigenvalue weighted by Gasteiger charge is 2.37. The number of pyridine rings is 2. The lowest BCUT2D eigenvalue weighted by atomic mass is 9.90. The molecule has 0 fully saturated rings. The maximum Gasteiger partial charge on any atom is 0.276 e. The molecule has 6 rings (SSSR count). The number of amides is 1. The summed E-state index contributed by atoms with van der Waals surface area (Å²) in [6.45, 7) is 5.36. The Labute approximate surface area is 226 Å². The number of aliphatic hydroxyl groups is 1. The number of hydrogen-bond acceptors (Lipinski definition) is 6. The average molecular weight is 525 g/mol. The number of aryl methyl sites for hydroxylation is 1. The van der Waals surface area contributed by atoms with Crippen molar-refractivity contribution in [2.45, 2.75) is 39.8 Å². The lowest BCUT2D eigenvalue weighted by Gasteiger charge is -2.31. The van der Waals surface area contributed by atoms with Gasteiger partial charge in [0.25, 0.3) is 11.5 Å². The molecule has 1 aliphatic carbocycles. The summed E-state index contributed by atoms with van der Waals surface area (Å²) in [6.07, 6.45) is 5.30. The third-order valence-electron chi connectivity index (χ3n) is 7.76. The fourth-order valence-corrected chi connectivity index (χ4v) is 5.92. The van der Waals surface area contributed by atoms with Gasteiger partial charge in [-0.2, -0.15) is 0 Å². The number of nitrogens with two attached hydrogens (primary N) is 1. The molecule has 200 valence electrons. The van der Waals surface area contributed by atoms with Crippen molar-refractivity contribution in [3.05, 3.63) is 87.7 Å². The lowest BCUT2D eigenvalue weighted by Crippen LogP contribution is -2.41. The molecular formula is C30H32N6O3. The van der Waals surface area contributed by atoms with Gasteiger partial charge in [-0.3, -0.25) is 14.5 Å². The second kappa shape index (κ2) is 9.13. The highest BCUT2D eigenvalue weighted by molar-refractivity contribution is 6.06. The SMILES string of the molecule is Cn1cc(-c2ccnc(N3CCn4c(cc5c4CC(C)(C)C5)C3=O)c2CO)cc(Nc2ccc(N)cc2)c1=O. The lowest BCUT2D eigenvalue weighted by molar-refractivity contribution is 0.0962. The van der Waals surface area contributed by atoms with Crippen LogP contribution < -0.4 is 21.5 Å². The maximum absolute atomic E-state index is 13.7. The van der Waals surface area contributed by atoms with E-state index in [4.69, 9.17) is 5.73 Å². The third kappa shape index (κ3) is 4.28. The molecule has 3 aromatic heterocycles. The fourth-order valence-electron chi connectivity index (χ4n) is 5.92. The molecule has 4 N–H and O–H groups in total. The Morgan fingerprint density at radius 3 is 2.59 bits per heavy atom. The van der Waals surface area contributed by atoms with Crippen molar-refractivity contribution in [2.75, 3.05) is 22.5 Å². The number of hydrogen-bond donors (Lipinski definition) is 3. The topological polar surface area (TPSA) is 118 Å². The number of anilines is 4. The Hall–Kier alpha value is -4.37. The largest absolute Gasteiger partial charge is 0.399 e. The van der Waals surface area contributed by atoms with E-state index < -0.39 is 0 Å². The Balaban J connectivity index is 1.37. The van der Waals surface area contributed by atoms with E-state index in [1.165, 1.54) is 15.8 Å². The van der Waals surface area contributed by atoms with Crippen molar-refractivity contribution in [3.63, 3.8) is 0 Å². The number of nitrogen functional groups attached to an aromatic ring is 1. The van der Waals surface area contributed by atoms with Crippen LogP contribution in [0.15, 0.2) is 59.7 Å². The fraction of sp³-hybridized carbons (Fsp3) is 0.300. The highest BCUT2D eigenvalue weighted by atomic mass is 16.3.